The van der Waals surface area contributed by atoms with E-state index < -0.39 is 47.0 Å². The molecular weight excluding hydrogens is 285 g/mol. The second-order valence-corrected chi connectivity index (χ2v) is 5.42. The normalized spacial score (nSPS) is 21.0. The van der Waals surface area contributed by atoms with Crippen molar-refractivity contribution in [1.29, 1.82) is 0 Å². The summed E-state index contributed by atoms with van der Waals surface area (Å²) >= 11 is 0. The number of carbonyl (C=O) groups is 2. The van der Waals surface area contributed by atoms with Gasteiger partial charge in [0.05, 0.1) is 5.69 Å². The number of nitrogens with zero attached hydrogens (tertiary/aromatic N) is 1. The molecule has 1 saturated heterocycles. The molecule has 4 nitrogen and oxygen atoms in total. The standard InChI is InChI=1S/C14H13F3N2O2/c15-8-3-4-9(12(17)11(8)16)19-7-10(20)18-14(13(19)21)5-1-2-6-14/h3-4H,1-2,5-7H2,(H,18,20). The molecule has 0 unspecified atom stereocenters. The third kappa shape index (κ3) is 2.07. The molecule has 7 heteroatoms. The van der Waals surface area contributed by atoms with E-state index in [1.54, 1.807) is 0 Å². The van der Waals surface area contributed by atoms with Crippen LogP contribution in [-0.2, 0) is 9.59 Å². The lowest BCUT2D eigenvalue weighted by molar-refractivity contribution is -0.135. The highest BCUT2D eigenvalue weighted by atomic mass is 19.2. The van der Waals surface area contributed by atoms with Crippen LogP contribution in [0.2, 0.25) is 0 Å². The van der Waals surface area contributed by atoms with Gasteiger partial charge in [-0.3, -0.25) is 14.5 Å². The maximum Gasteiger partial charge on any atom is 0.253 e. The Morgan fingerprint density at radius 1 is 1.05 bits per heavy atom. The molecule has 0 atom stereocenters. The Hall–Kier alpha value is -2.05. The van der Waals surface area contributed by atoms with Gasteiger partial charge in [0, 0.05) is 0 Å². The van der Waals surface area contributed by atoms with Crippen molar-refractivity contribution in [1.82, 2.24) is 5.32 Å². The van der Waals surface area contributed by atoms with Crippen LogP contribution in [0.4, 0.5) is 18.9 Å². The number of nitrogens with one attached hydrogen (secondary N) is 1. The Morgan fingerprint density at radius 3 is 2.38 bits per heavy atom. The summed E-state index contributed by atoms with van der Waals surface area (Å²) in [5.74, 6) is -5.33. The summed E-state index contributed by atoms with van der Waals surface area (Å²) in [5, 5.41) is 2.67. The van der Waals surface area contributed by atoms with Crippen molar-refractivity contribution in [2.45, 2.75) is 31.2 Å². The lowest BCUT2D eigenvalue weighted by Crippen LogP contribution is -2.66. The first kappa shape index (κ1) is 13.9. The van der Waals surface area contributed by atoms with Gasteiger partial charge in [0.2, 0.25) is 5.91 Å². The number of amides is 2. The fourth-order valence-electron chi connectivity index (χ4n) is 3.07. The molecule has 1 aliphatic heterocycles. The predicted octanol–water partition coefficient (Wildman–Crippen LogP) is 1.88. The van der Waals surface area contributed by atoms with Gasteiger partial charge in [0.25, 0.3) is 5.91 Å². The van der Waals surface area contributed by atoms with E-state index in [9.17, 15) is 22.8 Å². The second-order valence-electron chi connectivity index (χ2n) is 5.42. The average Bonchev–Trinajstić information content (AvgIpc) is 2.90. The molecule has 112 valence electrons. The van der Waals surface area contributed by atoms with Crippen LogP contribution in [0, 0.1) is 17.5 Å². The van der Waals surface area contributed by atoms with Gasteiger partial charge >= 0.3 is 0 Å². The third-order valence-electron chi connectivity index (χ3n) is 4.10. The molecule has 0 bridgehead atoms. The molecule has 1 N–H and O–H groups in total. The van der Waals surface area contributed by atoms with Crippen molar-refractivity contribution in [2.75, 3.05) is 11.4 Å². The first-order valence-electron chi connectivity index (χ1n) is 6.71. The molecule has 2 amide bonds. The molecule has 1 aromatic carbocycles. The summed E-state index contributed by atoms with van der Waals surface area (Å²) in [6.45, 7) is -0.400. The number of anilines is 1. The van der Waals surface area contributed by atoms with Gasteiger partial charge in [0.1, 0.15) is 12.1 Å². The predicted molar refractivity (Wildman–Crippen MR) is 68.0 cm³/mol. The van der Waals surface area contributed by atoms with Gasteiger partial charge < -0.3 is 5.32 Å². The minimum absolute atomic E-state index is 0.400. The Bertz CT molecular complexity index is 627. The van der Waals surface area contributed by atoms with Crippen molar-refractivity contribution < 1.29 is 22.8 Å². The maximum absolute atomic E-state index is 13.9. The van der Waals surface area contributed by atoms with Crippen LogP contribution in [0.15, 0.2) is 12.1 Å². The summed E-state index contributed by atoms with van der Waals surface area (Å²) in [5.41, 5.74) is -1.44. The highest BCUT2D eigenvalue weighted by Gasteiger charge is 2.49. The number of piperazine rings is 1. The summed E-state index contributed by atoms with van der Waals surface area (Å²) in [7, 11) is 0. The molecule has 3 rings (SSSR count). The minimum atomic E-state index is -1.65. The molecular formula is C14H13F3N2O2. The van der Waals surface area contributed by atoms with Crippen molar-refractivity contribution >= 4 is 17.5 Å². The Labute approximate surface area is 118 Å². The number of hydrogen-bond donors (Lipinski definition) is 1. The van der Waals surface area contributed by atoms with E-state index in [4.69, 9.17) is 0 Å². The van der Waals surface area contributed by atoms with E-state index in [0.717, 1.165) is 29.9 Å². The lowest BCUT2D eigenvalue weighted by Gasteiger charge is -2.39. The fraction of sp³-hybridized carbons (Fsp3) is 0.429. The van der Waals surface area contributed by atoms with Gasteiger partial charge in [-0.1, -0.05) is 12.8 Å². The van der Waals surface area contributed by atoms with Crippen molar-refractivity contribution in [2.24, 2.45) is 0 Å². The summed E-state index contributed by atoms with van der Waals surface area (Å²) in [6, 6.07) is 1.72. The fourth-order valence-corrected chi connectivity index (χ4v) is 3.07. The summed E-state index contributed by atoms with van der Waals surface area (Å²) in [6.07, 6.45) is 2.50. The van der Waals surface area contributed by atoms with Crippen LogP contribution in [0.3, 0.4) is 0 Å². The molecule has 0 radical (unpaired) electrons. The van der Waals surface area contributed by atoms with Crippen LogP contribution in [0.1, 0.15) is 25.7 Å². The monoisotopic (exact) mass is 298 g/mol. The summed E-state index contributed by atoms with van der Waals surface area (Å²) < 4.78 is 40.2. The Kier molecular flexibility index (Phi) is 3.15. The quantitative estimate of drug-likeness (QED) is 0.805. The van der Waals surface area contributed by atoms with E-state index in [0.29, 0.717) is 12.8 Å². The highest BCUT2D eigenvalue weighted by molar-refractivity contribution is 6.09. The summed E-state index contributed by atoms with van der Waals surface area (Å²) in [4.78, 5) is 25.3. The molecule has 2 aliphatic rings. The van der Waals surface area contributed by atoms with Gasteiger partial charge in [-0.25, -0.2) is 13.2 Å². The number of hydrogen-bond acceptors (Lipinski definition) is 2. The van der Waals surface area contributed by atoms with Crippen molar-refractivity contribution in [3.05, 3.63) is 29.6 Å². The number of halogens is 3. The molecule has 1 aromatic rings. The highest BCUT2D eigenvalue weighted by Crippen LogP contribution is 2.36. The smallest absolute Gasteiger partial charge is 0.253 e. The van der Waals surface area contributed by atoms with Crippen LogP contribution in [0.25, 0.3) is 0 Å². The first-order valence-corrected chi connectivity index (χ1v) is 6.71. The van der Waals surface area contributed by atoms with E-state index in [-0.39, 0.29) is 0 Å². The molecule has 21 heavy (non-hydrogen) atoms. The maximum atomic E-state index is 13.9. The van der Waals surface area contributed by atoms with Crippen molar-refractivity contribution in [3.63, 3.8) is 0 Å². The SMILES string of the molecule is O=C1CN(c2ccc(F)c(F)c2F)C(=O)C2(CCCC2)N1. The largest absolute Gasteiger partial charge is 0.340 e. The second kappa shape index (κ2) is 4.75. The van der Waals surface area contributed by atoms with Gasteiger partial charge in [-0.05, 0) is 25.0 Å². The average molecular weight is 298 g/mol. The number of rotatable bonds is 1. The van der Waals surface area contributed by atoms with E-state index in [1.165, 1.54) is 0 Å². The minimum Gasteiger partial charge on any atom is -0.340 e. The van der Waals surface area contributed by atoms with Crippen LogP contribution < -0.4 is 10.2 Å². The molecule has 2 fully saturated rings. The Morgan fingerprint density at radius 2 is 1.71 bits per heavy atom. The number of benzene rings is 1. The lowest BCUT2D eigenvalue weighted by atomic mass is 9.92. The zero-order valence-electron chi connectivity index (χ0n) is 11.1. The third-order valence-corrected chi connectivity index (χ3v) is 4.10. The molecule has 0 aromatic heterocycles. The Balaban J connectivity index is 2.03. The van der Waals surface area contributed by atoms with Crippen LogP contribution in [-0.4, -0.2) is 23.9 Å². The van der Waals surface area contributed by atoms with Crippen LogP contribution >= 0.6 is 0 Å². The van der Waals surface area contributed by atoms with E-state index in [1.807, 2.05) is 0 Å². The van der Waals surface area contributed by atoms with E-state index >= 15 is 0 Å². The first-order chi connectivity index (χ1) is 9.94. The van der Waals surface area contributed by atoms with Gasteiger partial charge in [-0.2, -0.15) is 0 Å². The van der Waals surface area contributed by atoms with Crippen molar-refractivity contribution in [3.8, 4) is 0 Å². The zero-order valence-corrected chi connectivity index (χ0v) is 11.1. The van der Waals surface area contributed by atoms with Crippen LogP contribution in [0.5, 0.6) is 0 Å². The van der Waals surface area contributed by atoms with Gasteiger partial charge in [-0.15, -0.1) is 0 Å². The molecule has 1 saturated carbocycles. The van der Waals surface area contributed by atoms with Gasteiger partial charge in [0.15, 0.2) is 17.5 Å². The topological polar surface area (TPSA) is 49.4 Å². The zero-order chi connectivity index (χ0) is 15.2. The van der Waals surface area contributed by atoms with E-state index in [2.05, 4.69) is 5.32 Å². The molecule has 1 heterocycles. The molecule has 1 aliphatic carbocycles. The number of carbonyl (C=O) groups excluding carboxylic acids is 2. The molecule has 1 spiro atoms.